The van der Waals surface area contributed by atoms with Gasteiger partial charge >= 0.3 is 0 Å². The van der Waals surface area contributed by atoms with E-state index in [2.05, 4.69) is 59.1 Å². The van der Waals surface area contributed by atoms with Crippen molar-refractivity contribution in [3.63, 3.8) is 0 Å². The molecule has 3 rings (SSSR count). The molecule has 1 aromatic heterocycles. The molecule has 0 saturated carbocycles. The van der Waals surface area contributed by atoms with E-state index in [0.717, 1.165) is 42.8 Å². The predicted octanol–water partition coefficient (Wildman–Crippen LogP) is 3.40. The number of aromatic nitrogens is 1. The Bertz CT molecular complexity index is 846. The summed E-state index contributed by atoms with van der Waals surface area (Å²) in [7, 11) is 0. The molecule has 1 N–H and O–H groups in total. The Morgan fingerprint density at radius 2 is 1.77 bits per heavy atom. The van der Waals surface area contributed by atoms with Gasteiger partial charge in [0.25, 0.3) is 0 Å². The minimum atomic E-state index is 0.585. The van der Waals surface area contributed by atoms with Crippen LogP contribution in [0, 0.1) is 32.1 Å². The van der Waals surface area contributed by atoms with E-state index < -0.39 is 0 Å². The van der Waals surface area contributed by atoms with Crippen LogP contribution in [0.2, 0.25) is 0 Å². The summed E-state index contributed by atoms with van der Waals surface area (Å²) in [4.78, 5) is 8.80. The fourth-order valence-electron chi connectivity index (χ4n) is 3.07. The third-order valence-electron chi connectivity index (χ3n) is 4.85. The van der Waals surface area contributed by atoms with Crippen LogP contribution < -0.4 is 10.2 Å². The first-order chi connectivity index (χ1) is 12.5. The van der Waals surface area contributed by atoms with E-state index in [1.54, 1.807) is 6.20 Å². The van der Waals surface area contributed by atoms with Crippen molar-refractivity contribution in [2.24, 2.45) is 0 Å². The fraction of sp³-hybridized carbons (Fsp3) is 0.350. The zero-order chi connectivity index (χ0) is 18.7. The second-order valence-corrected chi connectivity index (χ2v) is 7.06. The van der Waals surface area contributed by atoms with Crippen LogP contribution in [0.1, 0.15) is 22.3 Å². The summed E-state index contributed by atoms with van der Waals surface area (Å²) in [5.41, 5.74) is 5.42. The molecule has 2 aromatic rings. The van der Waals surface area contributed by atoms with Crippen molar-refractivity contribution >= 4 is 28.8 Å². The Morgan fingerprint density at radius 3 is 2.38 bits per heavy atom. The maximum absolute atomic E-state index is 8.88. The number of hydrogen-bond donors (Lipinski definition) is 1. The maximum atomic E-state index is 8.88. The number of nitrogens with one attached hydrogen (secondary N) is 1. The van der Waals surface area contributed by atoms with Crippen LogP contribution in [-0.4, -0.2) is 41.2 Å². The molecule has 0 amide bonds. The summed E-state index contributed by atoms with van der Waals surface area (Å²) < 4.78 is 0. The zero-order valence-corrected chi connectivity index (χ0v) is 16.2. The highest BCUT2D eigenvalue weighted by atomic mass is 32.1. The number of rotatable bonds is 2. The first kappa shape index (κ1) is 18.2. The average Bonchev–Trinajstić information content (AvgIpc) is 2.66. The van der Waals surface area contributed by atoms with Gasteiger partial charge in [-0.3, -0.25) is 0 Å². The van der Waals surface area contributed by atoms with E-state index in [1.165, 1.54) is 16.7 Å². The molecule has 6 heteroatoms. The van der Waals surface area contributed by atoms with Gasteiger partial charge in [0.1, 0.15) is 11.9 Å². The highest BCUT2D eigenvalue weighted by Gasteiger charge is 2.20. The highest BCUT2D eigenvalue weighted by Crippen LogP contribution is 2.21. The Kier molecular flexibility index (Phi) is 5.38. The number of aryl methyl sites for hydroxylation is 3. The largest absolute Gasteiger partial charge is 0.353 e. The van der Waals surface area contributed by atoms with Crippen molar-refractivity contribution in [1.82, 2.24) is 9.88 Å². The Labute approximate surface area is 160 Å². The molecule has 0 unspecified atom stereocenters. The number of anilines is 2. The van der Waals surface area contributed by atoms with Gasteiger partial charge in [0, 0.05) is 38.1 Å². The fourth-order valence-corrected chi connectivity index (χ4v) is 3.36. The van der Waals surface area contributed by atoms with Gasteiger partial charge < -0.3 is 15.1 Å². The molecule has 0 bridgehead atoms. The maximum Gasteiger partial charge on any atom is 0.173 e. The first-order valence-electron chi connectivity index (χ1n) is 8.73. The molecule has 134 valence electrons. The molecule has 1 aliphatic heterocycles. The topological polar surface area (TPSA) is 55.2 Å². The second-order valence-electron chi connectivity index (χ2n) is 6.67. The third-order valence-corrected chi connectivity index (χ3v) is 5.21. The smallest absolute Gasteiger partial charge is 0.173 e. The molecule has 26 heavy (non-hydrogen) atoms. The zero-order valence-electron chi connectivity index (χ0n) is 15.4. The van der Waals surface area contributed by atoms with Crippen LogP contribution in [0.25, 0.3) is 0 Å². The summed E-state index contributed by atoms with van der Waals surface area (Å²) in [5.74, 6) is 0.910. The van der Waals surface area contributed by atoms with Crippen LogP contribution in [0.5, 0.6) is 0 Å². The summed E-state index contributed by atoms with van der Waals surface area (Å²) >= 11 is 5.62. The van der Waals surface area contributed by atoms with E-state index in [0.29, 0.717) is 5.56 Å². The van der Waals surface area contributed by atoms with Crippen molar-refractivity contribution in [3.8, 4) is 6.07 Å². The van der Waals surface area contributed by atoms with Gasteiger partial charge in [-0.05, 0) is 67.9 Å². The second kappa shape index (κ2) is 7.71. The standard InChI is InChI=1S/C20H23N5S/c1-14-10-16(3)18(11-15(14)2)23-20(26)25-8-6-24(7-9-25)19-5-4-17(12-21)13-22-19/h4-5,10-11,13H,6-9H2,1-3H3,(H,23,26). The normalized spacial score (nSPS) is 14.1. The van der Waals surface area contributed by atoms with Gasteiger partial charge in [-0.1, -0.05) is 6.07 Å². The van der Waals surface area contributed by atoms with Crippen LogP contribution >= 0.6 is 12.2 Å². The molecule has 0 spiro atoms. The van der Waals surface area contributed by atoms with E-state index >= 15 is 0 Å². The van der Waals surface area contributed by atoms with Gasteiger partial charge in [0.15, 0.2) is 5.11 Å². The first-order valence-corrected chi connectivity index (χ1v) is 9.13. The van der Waals surface area contributed by atoms with Crippen LogP contribution in [0.3, 0.4) is 0 Å². The minimum Gasteiger partial charge on any atom is -0.353 e. The molecule has 1 fully saturated rings. The lowest BCUT2D eigenvalue weighted by molar-refractivity contribution is 0.389. The van der Waals surface area contributed by atoms with Crippen molar-refractivity contribution in [3.05, 3.63) is 52.7 Å². The third kappa shape index (κ3) is 3.94. The molecule has 1 saturated heterocycles. The summed E-state index contributed by atoms with van der Waals surface area (Å²) in [6.07, 6.45) is 1.62. The Morgan fingerprint density at radius 1 is 1.08 bits per heavy atom. The van der Waals surface area contributed by atoms with E-state index in [-0.39, 0.29) is 0 Å². The summed E-state index contributed by atoms with van der Waals surface area (Å²) in [6, 6.07) is 10.2. The van der Waals surface area contributed by atoms with Crippen molar-refractivity contribution in [1.29, 1.82) is 5.26 Å². The van der Waals surface area contributed by atoms with Gasteiger partial charge in [0.2, 0.25) is 0 Å². The molecule has 1 aromatic carbocycles. The van der Waals surface area contributed by atoms with Gasteiger partial charge in [-0.25, -0.2) is 4.98 Å². The molecule has 2 heterocycles. The highest BCUT2D eigenvalue weighted by molar-refractivity contribution is 7.80. The number of nitrogens with zero attached hydrogens (tertiary/aromatic N) is 4. The Balaban J connectivity index is 1.60. The van der Waals surface area contributed by atoms with E-state index in [4.69, 9.17) is 17.5 Å². The minimum absolute atomic E-state index is 0.585. The SMILES string of the molecule is Cc1cc(C)c(NC(=S)N2CCN(c3ccc(C#N)cn3)CC2)cc1C. The number of pyridine rings is 1. The van der Waals surface area contributed by atoms with E-state index in [1.807, 2.05) is 12.1 Å². The van der Waals surface area contributed by atoms with Crippen molar-refractivity contribution in [2.45, 2.75) is 20.8 Å². The molecule has 0 aliphatic carbocycles. The van der Waals surface area contributed by atoms with Crippen LogP contribution in [0.15, 0.2) is 30.5 Å². The number of nitriles is 1. The average molecular weight is 366 g/mol. The van der Waals surface area contributed by atoms with Gasteiger partial charge in [-0.2, -0.15) is 5.26 Å². The quantitative estimate of drug-likeness (QED) is 0.823. The van der Waals surface area contributed by atoms with Crippen LogP contribution in [-0.2, 0) is 0 Å². The molecule has 0 radical (unpaired) electrons. The number of piperazine rings is 1. The number of benzene rings is 1. The molecule has 1 aliphatic rings. The summed E-state index contributed by atoms with van der Waals surface area (Å²) in [6.45, 7) is 9.74. The molecular formula is C20H23N5S. The monoisotopic (exact) mass is 365 g/mol. The number of hydrogen-bond acceptors (Lipinski definition) is 4. The van der Waals surface area contributed by atoms with Crippen molar-refractivity contribution in [2.75, 3.05) is 36.4 Å². The summed E-state index contributed by atoms with van der Waals surface area (Å²) in [5, 5.41) is 13.0. The Hall–Kier alpha value is -2.65. The number of thiocarbonyl (C=S) groups is 1. The molecular weight excluding hydrogens is 342 g/mol. The van der Waals surface area contributed by atoms with Crippen molar-refractivity contribution < 1.29 is 0 Å². The lowest BCUT2D eigenvalue weighted by Gasteiger charge is -2.37. The lowest BCUT2D eigenvalue weighted by atomic mass is 10.1. The molecule has 0 atom stereocenters. The predicted molar refractivity (Wildman–Crippen MR) is 110 cm³/mol. The van der Waals surface area contributed by atoms with Crippen LogP contribution in [0.4, 0.5) is 11.5 Å². The molecule has 5 nitrogen and oxygen atoms in total. The lowest BCUT2D eigenvalue weighted by Crippen LogP contribution is -2.50. The van der Waals surface area contributed by atoms with E-state index in [9.17, 15) is 0 Å². The van der Waals surface area contributed by atoms with Gasteiger partial charge in [-0.15, -0.1) is 0 Å². The van der Waals surface area contributed by atoms with Gasteiger partial charge in [0.05, 0.1) is 5.56 Å².